The zero-order chi connectivity index (χ0) is 41.9. The highest BCUT2D eigenvalue weighted by molar-refractivity contribution is 5.99. The summed E-state index contributed by atoms with van der Waals surface area (Å²) in [6.45, 7) is 16.4. The number of carbonyl (C=O) groups excluding carboxylic acids is 7. The van der Waals surface area contributed by atoms with Gasteiger partial charge in [-0.2, -0.15) is 0 Å². The van der Waals surface area contributed by atoms with E-state index >= 15 is 0 Å². The Balaban J connectivity index is 2.90. The molecule has 10 N–H and O–H groups in total. The number of benzene rings is 1. The van der Waals surface area contributed by atoms with Crippen molar-refractivity contribution in [1.82, 2.24) is 31.9 Å². The van der Waals surface area contributed by atoms with Gasteiger partial charge in [-0.25, -0.2) is 4.79 Å². The molecule has 0 unspecified atom stereocenters. The fourth-order valence-electron chi connectivity index (χ4n) is 5.59. The van der Waals surface area contributed by atoms with Crippen molar-refractivity contribution in [2.24, 2.45) is 17.1 Å². The van der Waals surface area contributed by atoms with Crippen LogP contribution in [0.15, 0.2) is 24.3 Å². The molecule has 0 saturated heterocycles. The molecule has 4 atom stereocenters. The van der Waals surface area contributed by atoms with E-state index < -0.39 is 71.8 Å². The van der Waals surface area contributed by atoms with Gasteiger partial charge in [0.05, 0.1) is 6.04 Å². The van der Waals surface area contributed by atoms with Gasteiger partial charge in [-0.1, -0.05) is 52.3 Å². The quantitative estimate of drug-likeness (QED) is 0.0736. The average Bonchev–Trinajstić information content (AvgIpc) is 3.08. The summed E-state index contributed by atoms with van der Waals surface area (Å²) in [6, 6.07) is 2.69. The Morgan fingerprint density at radius 3 is 1.82 bits per heavy atom. The number of Topliss-reactive ketones (excluding diaryl/α,β-unsaturated/α-hetero) is 1. The molecule has 0 aliphatic heterocycles. The zero-order valence-corrected chi connectivity index (χ0v) is 34.1. The minimum Gasteiger partial charge on any atom is -0.387 e. The van der Waals surface area contributed by atoms with Gasteiger partial charge >= 0.3 is 6.03 Å². The third-order valence-corrected chi connectivity index (χ3v) is 8.53. The van der Waals surface area contributed by atoms with Gasteiger partial charge in [0.15, 0.2) is 5.78 Å². The Hall–Kier alpha value is -4.57. The van der Waals surface area contributed by atoms with Crippen LogP contribution in [0.4, 0.5) is 10.5 Å². The summed E-state index contributed by atoms with van der Waals surface area (Å²) in [5.74, 6) is -3.18. The van der Waals surface area contributed by atoms with Crippen LogP contribution in [0, 0.1) is 18.3 Å². The topological polar surface area (TPSA) is 250 Å². The number of aliphatic hydroxyl groups excluding tert-OH is 1. The normalized spacial score (nSPS) is 13.8. The SMILES string of the molecule is Cc1ccc(NC(=O)[C@H](CCCNC(N)=O)NC(=O)[C@@H](NC(=O)[C@H](CCCCNC(=O)CC[C@@H](NC(C)(C)C)C(=O)C(C)(C)C)NC(=O)CO)C(C)C)cc1. The highest BCUT2D eigenvalue weighted by Gasteiger charge is 2.33. The van der Waals surface area contributed by atoms with Gasteiger partial charge in [0, 0.05) is 36.2 Å². The van der Waals surface area contributed by atoms with Crippen LogP contribution in [0.5, 0.6) is 0 Å². The third kappa shape index (κ3) is 20.1. The first-order valence-electron chi connectivity index (χ1n) is 19.0. The lowest BCUT2D eigenvalue weighted by Gasteiger charge is -2.31. The Kier molecular flexibility index (Phi) is 20.6. The molecular formula is C39H66N8O8. The van der Waals surface area contributed by atoms with Crippen LogP contribution in [0.1, 0.15) is 106 Å². The number of hydrogen-bond donors (Lipinski definition) is 9. The molecule has 1 aromatic rings. The van der Waals surface area contributed by atoms with Crippen molar-refractivity contribution in [3.05, 3.63) is 29.8 Å². The number of nitrogens with two attached hydrogens (primary N) is 1. The van der Waals surface area contributed by atoms with Gasteiger partial charge in [-0.15, -0.1) is 0 Å². The second-order valence-electron chi connectivity index (χ2n) is 16.3. The molecule has 16 nitrogen and oxygen atoms in total. The van der Waals surface area contributed by atoms with E-state index in [9.17, 15) is 38.7 Å². The molecule has 16 heteroatoms. The summed E-state index contributed by atoms with van der Waals surface area (Å²) in [6.07, 6.45) is 1.96. The van der Waals surface area contributed by atoms with E-state index in [0.29, 0.717) is 37.9 Å². The molecular weight excluding hydrogens is 708 g/mol. The van der Waals surface area contributed by atoms with Crippen LogP contribution in [-0.2, 0) is 28.8 Å². The first kappa shape index (κ1) is 48.4. The van der Waals surface area contributed by atoms with Gasteiger partial charge in [-0.05, 0) is 84.3 Å². The molecule has 0 spiro atoms. The number of hydrogen-bond acceptors (Lipinski definition) is 9. The number of anilines is 1. The van der Waals surface area contributed by atoms with Crippen molar-refractivity contribution in [2.75, 3.05) is 25.0 Å². The number of ketones is 1. The summed E-state index contributed by atoms with van der Waals surface area (Å²) >= 11 is 0. The minimum absolute atomic E-state index is 0.0275. The number of nitrogens with one attached hydrogen (secondary N) is 7. The predicted octanol–water partition coefficient (Wildman–Crippen LogP) is 1.92. The third-order valence-electron chi connectivity index (χ3n) is 8.53. The molecule has 1 rings (SSSR count). The van der Waals surface area contributed by atoms with Crippen LogP contribution in [0.2, 0.25) is 0 Å². The number of rotatable bonds is 23. The summed E-state index contributed by atoms with van der Waals surface area (Å²) in [5.41, 5.74) is 5.78. The number of carbonyl (C=O) groups is 7. The van der Waals surface area contributed by atoms with Gasteiger partial charge in [-0.3, -0.25) is 28.8 Å². The van der Waals surface area contributed by atoms with E-state index in [1.54, 1.807) is 26.0 Å². The number of unbranched alkanes of at least 4 members (excludes halogenated alkanes) is 1. The van der Waals surface area contributed by atoms with Crippen LogP contribution in [0.25, 0.3) is 0 Å². The zero-order valence-electron chi connectivity index (χ0n) is 34.1. The molecule has 0 aromatic heterocycles. The highest BCUT2D eigenvalue weighted by Crippen LogP contribution is 2.21. The molecule has 0 aliphatic rings. The first-order valence-corrected chi connectivity index (χ1v) is 19.0. The van der Waals surface area contributed by atoms with Crippen LogP contribution >= 0.6 is 0 Å². The van der Waals surface area contributed by atoms with Crippen LogP contribution in [0.3, 0.4) is 0 Å². The minimum atomic E-state index is -1.10. The number of primary amides is 1. The van der Waals surface area contributed by atoms with Crippen LogP contribution in [-0.4, -0.2) is 95.9 Å². The first-order chi connectivity index (χ1) is 25.5. The molecule has 0 heterocycles. The Labute approximate surface area is 326 Å². The molecule has 0 bridgehead atoms. The Bertz CT molecular complexity index is 1440. The molecule has 0 saturated carbocycles. The second kappa shape index (κ2) is 23.4. The molecule has 310 valence electrons. The maximum atomic E-state index is 13.6. The van der Waals surface area contributed by atoms with Gasteiger partial charge in [0.25, 0.3) is 0 Å². The lowest BCUT2D eigenvalue weighted by atomic mass is 9.84. The van der Waals surface area contributed by atoms with E-state index in [1.807, 2.05) is 60.6 Å². The maximum absolute atomic E-state index is 13.6. The number of aliphatic hydroxyl groups is 1. The molecule has 1 aromatic carbocycles. The molecule has 55 heavy (non-hydrogen) atoms. The van der Waals surface area contributed by atoms with E-state index in [0.717, 1.165) is 5.56 Å². The molecule has 0 radical (unpaired) electrons. The second-order valence-corrected chi connectivity index (χ2v) is 16.3. The Morgan fingerprint density at radius 1 is 0.691 bits per heavy atom. The van der Waals surface area contributed by atoms with E-state index in [2.05, 4.69) is 37.2 Å². The van der Waals surface area contributed by atoms with Gasteiger partial charge in [0.2, 0.25) is 29.5 Å². The van der Waals surface area contributed by atoms with Crippen molar-refractivity contribution in [2.45, 2.75) is 137 Å². The van der Waals surface area contributed by atoms with E-state index in [1.165, 1.54) is 0 Å². The molecule has 0 fully saturated rings. The number of amides is 7. The summed E-state index contributed by atoms with van der Waals surface area (Å²) in [4.78, 5) is 89.3. The standard InChI is InChI=1S/C39H66N8O8/c1-24(2)32(36(54)45-29(14-12-22-42-37(40)55)34(52)43-26-17-15-25(3)16-18-26)46-35(53)28(44-31(50)23-48)13-10-11-21-41-30(49)20-19-27(47-39(7,8)9)33(51)38(4,5)6/h15-18,24,27-29,32,47-48H,10-14,19-23H2,1-9H3,(H,41,49)(H,43,52)(H,44,50)(H,45,54)(H,46,53)(H3,40,42,55)/t27-,28+,29+,32+/m1/s1. The molecule has 0 aliphatic carbocycles. The maximum Gasteiger partial charge on any atom is 0.312 e. The summed E-state index contributed by atoms with van der Waals surface area (Å²) in [5, 5.41) is 28.7. The Morgan fingerprint density at radius 2 is 1.27 bits per heavy atom. The summed E-state index contributed by atoms with van der Waals surface area (Å²) < 4.78 is 0. The van der Waals surface area contributed by atoms with Crippen molar-refractivity contribution >= 4 is 47.0 Å². The number of aryl methyl sites for hydroxylation is 1. The highest BCUT2D eigenvalue weighted by atomic mass is 16.3. The smallest absolute Gasteiger partial charge is 0.312 e. The van der Waals surface area contributed by atoms with Gasteiger partial charge < -0.3 is 48.1 Å². The van der Waals surface area contributed by atoms with Crippen molar-refractivity contribution in [3.63, 3.8) is 0 Å². The summed E-state index contributed by atoms with van der Waals surface area (Å²) in [7, 11) is 0. The monoisotopic (exact) mass is 775 g/mol. The lowest BCUT2D eigenvalue weighted by Crippen LogP contribution is -2.58. The number of urea groups is 1. The fourth-order valence-corrected chi connectivity index (χ4v) is 5.59. The van der Waals surface area contributed by atoms with Crippen molar-refractivity contribution in [3.8, 4) is 0 Å². The van der Waals surface area contributed by atoms with Crippen molar-refractivity contribution < 1.29 is 38.7 Å². The lowest BCUT2D eigenvalue weighted by molar-refractivity contribution is -0.134. The predicted molar refractivity (Wildman–Crippen MR) is 212 cm³/mol. The average molecular weight is 775 g/mol. The van der Waals surface area contributed by atoms with E-state index in [4.69, 9.17) is 5.73 Å². The van der Waals surface area contributed by atoms with E-state index in [-0.39, 0.29) is 43.0 Å². The van der Waals surface area contributed by atoms with Crippen molar-refractivity contribution in [1.29, 1.82) is 0 Å². The fraction of sp³-hybridized carbons (Fsp3) is 0.667. The largest absolute Gasteiger partial charge is 0.387 e. The van der Waals surface area contributed by atoms with Gasteiger partial charge in [0.1, 0.15) is 24.7 Å². The molecule has 7 amide bonds. The van der Waals surface area contributed by atoms with Crippen LogP contribution < -0.4 is 43.0 Å².